The minimum Gasteiger partial charge on any atom is -0.380 e. The number of hydrogen-bond donors (Lipinski definition) is 1. The molecular formula is C19H21BrN2O2. The molecule has 1 atom stereocenters. The first-order valence-electron chi connectivity index (χ1n) is 8.06. The highest BCUT2D eigenvalue weighted by atomic mass is 79.9. The topological polar surface area (TPSA) is 41.6 Å². The van der Waals surface area contributed by atoms with Crippen LogP contribution in [0.2, 0.25) is 0 Å². The van der Waals surface area contributed by atoms with Crippen LogP contribution < -0.4 is 10.2 Å². The van der Waals surface area contributed by atoms with Gasteiger partial charge in [-0.15, -0.1) is 0 Å². The molecule has 2 aromatic rings. The molecule has 1 heterocycles. The molecule has 1 N–H and O–H groups in total. The Morgan fingerprint density at radius 3 is 2.54 bits per heavy atom. The van der Waals surface area contributed by atoms with Gasteiger partial charge in [0.25, 0.3) is 0 Å². The minimum absolute atomic E-state index is 0.00862. The van der Waals surface area contributed by atoms with Gasteiger partial charge in [-0.3, -0.25) is 4.79 Å². The highest BCUT2D eigenvalue weighted by Crippen LogP contribution is 2.23. The van der Waals surface area contributed by atoms with E-state index in [1.165, 1.54) is 5.69 Å². The van der Waals surface area contributed by atoms with Gasteiger partial charge >= 0.3 is 0 Å². The van der Waals surface area contributed by atoms with Crippen molar-refractivity contribution in [2.75, 3.05) is 30.4 Å². The number of amides is 1. The fourth-order valence-electron chi connectivity index (χ4n) is 2.90. The van der Waals surface area contributed by atoms with E-state index in [0.29, 0.717) is 12.5 Å². The lowest BCUT2D eigenvalue weighted by atomic mass is 10.1. The van der Waals surface area contributed by atoms with E-state index < -0.39 is 0 Å². The van der Waals surface area contributed by atoms with Gasteiger partial charge in [0.2, 0.25) is 5.91 Å². The molecule has 3 rings (SSSR count). The Bertz CT molecular complexity index is 686. The lowest BCUT2D eigenvalue weighted by Crippen LogP contribution is -2.22. The van der Waals surface area contributed by atoms with Crippen molar-refractivity contribution in [3.05, 3.63) is 58.6 Å². The van der Waals surface area contributed by atoms with E-state index in [2.05, 4.69) is 26.1 Å². The predicted molar refractivity (Wildman–Crippen MR) is 101 cm³/mol. The highest BCUT2D eigenvalue weighted by molar-refractivity contribution is 9.10. The summed E-state index contributed by atoms with van der Waals surface area (Å²) in [5.41, 5.74) is 2.99. The second-order valence-electron chi connectivity index (χ2n) is 5.99. The maximum Gasteiger partial charge on any atom is 0.228 e. The summed E-state index contributed by atoms with van der Waals surface area (Å²) in [6.07, 6.45) is 1.74. The third-order valence-corrected chi connectivity index (χ3v) is 4.80. The highest BCUT2D eigenvalue weighted by Gasteiger charge is 2.22. The number of carbonyl (C=O) groups is 1. The Morgan fingerprint density at radius 2 is 1.92 bits per heavy atom. The maximum atomic E-state index is 12.1. The number of ether oxygens (including phenoxy) is 1. The fourth-order valence-corrected chi connectivity index (χ4v) is 3.17. The fraction of sp³-hybridized carbons (Fsp3) is 0.316. The Balaban J connectivity index is 1.56. The smallest absolute Gasteiger partial charge is 0.228 e. The maximum absolute atomic E-state index is 12.1. The Morgan fingerprint density at radius 1 is 1.21 bits per heavy atom. The van der Waals surface area contributed by atoms with Crippen LogP contribution in [0.4, 0.5) is 11.4 Å². The largest absolute Gasteiger partial charge is 0.380 e. The van der Waals surface area contributed by atoms with Gasteiger partial charge in [0.15, 0.2) is 0 Å². The molecule has 1 amide bonds. The zero-order valence-corrected chi connectivity index (χ0v) is 15.3. The summed E-state index contributed by atoms with van der Waals surface area (Å²) >= 11 is 3.40. The summed E-state index contributed by atoms with van der Waals surface area (Å²) in [7, 11) is 1.76. The summed E-state index contributed by atoms with van der Waals surface area (Å²) < 4.78 is 6.42. The van der Waals surface area contributed by atoms with Crippen LogP contribution in [0, 0.1) is 0 Å². The molecule has 126 valence electrons. The summed E-state index contributed by atoms with van der Waals surface area (Å²) in [4.78, 5) is 14.4. The molecule has 4 nitrogen and oxygen atoms in total. The normalized spacial score (nSPS) is 17.1. The van der Waals surface area contributed by atoms with Crippen molar-refractivity contribution >= 4 is 33.2 Å². The molecule has 0 spiro atoms. The van der Waals surface area contributed by atoms with Gasteiger partial charge in [-0.2, -0.15) is 0 Å². The third kappa shape index (κ3) is 4.36. The van der Waals surface area contributed by atoms with Crippen LogP contribution in [0.15, 0.2) is 53.0 Å². The average molecular weight is 389 g/mol. The van der Waals surface area contributed by atoms with Gasteiger partial charge in [-0.05, 0) is 48.4 Å². The van der Waals surface area contributed by atoms with Crippen molar-refractivity contribution in [2.24, 2.45) is 0 Å². The molecule has 0 saturated carbocycles. The monoisotopic (exact) mass is 388 g/mol. The Kier molecular flexibility index (Phi) is 5.53. The van der Waals surface area contributed by atoms with Crippen LogP contribution >= 0.6 is 15.9 Å². The van der Waals surface area contributed by atoms with Gasteiger partial charge in [0, 0.05) is 36.0 Å². The van der Waals surface area contributed by atoms with Gasteiger partial charge in [0.05, 0.1) is 12.5 Å². The number of halogens is 1. The van der Waals surface area contributed by atoms with Crippen LogP contribution in [0.25, 0.3) is 0 Å². The lowest BCUT2D eigenvalue weighted by molar-refractivity contribution is -0.115. The number of benzene rings is 2. The molecule has 0 bridgehead atoms. The summed E-state index contributed by atoms with van der Waals surface area (Å²) in [6.45, 7) is 1.93. The van der Waals surface area contributed by atoms with Crippen molar-refractivity contribution in [3.63, 3.8) is 0 Å². The van der Waals surface area contributed by atoms with Crippen LogP contribution in [0.5, 0.6) is 0 Å². The molecule has 2 aromatic carbocycles. The number of nitrogens with one attached hydrogen (secondary N) is 1. The van der Waals surface area contributed by atoms with Crippen LogP contribution in [0.1, 0.15) is 12.0 Å². The number of rotatable bonds is 5. The van der Waals surface area contributed by atoms with E-state index in [9.17, 15) is 4.79 Å². The molecule has 1 saturated heterocycles. The number of nitrogens with zero attached hydrogens (tertiary/aromatic N) is 1. The molecule has 24 heavy (non-hydrogen) atoms. The number of methoxy groups -OCH3 is 1. The Labute approximate surface area is 150 Å². The average Bonchev–Trinajstić information content (AvgIpc) is 3.07. The summed E-state index contributed by atoms with van der Waals surface area (Å²) in [5, 5.41) is 2.95. The van der Waals surface area contributed by atoms with Gasteiger partial charge in [-0.1, -0.05) is 28.1 Å². The first-order valence-corrected chi connectivity index (χ1v) is 8.85. The predicted octanol–water partition coefficient (Wildman–Crippen LogP) is 3.86. The van der Waals surface area contributed by atoms with E-state index in [1.54, 1.807) is 7.11 Å². The number of hydrogen-bond acceptors (Lipinski definition) is 3. The van der Waals surface area contributed by atoms with Crippen molar-refractivity contribution in [3.8, 4) is 0 Å². The lowest BCUT2D eigenvalue weighted by Gasteiger charge is -2.18. The van der Waals surface area contributed by atoms with Crippen molar-refractivity contribution in [1.82, 2.24) is 0 Å². The van der Waals surface area contributed by atoms with E-state index in [-0.39, 0.29) is 5.91 Å². The molecule has 1 unspecified atom stereocenters. The van der Waals surface area contributed by atoms with Crippen molar-refractivity contribution < 1.29 is 9.53 Å². The van der Waals surface area contributed by atoms with Crippen LogP contribution in [-0.2, 0) is 16.0 Å². The SMILES string of the molecule is COC1CCN(c2ccc(NC(=O)Cc3ccc(Br)cc3)cc2)C1. The van der Waals surface area contributed by atoms with Crippen molar-refractivity contribution in [1.29, 1.82) is 0 Å². The molecule has 0 aromatic heterocycles. The zero-order chi connectivity index (χ0) is 16.9. The van der Waals surface area contributed by atoms with E-state index in [1.807, 2.05) is 48.5 Å². The molecular weight excluding hydrogens is 368 g/mol. The van der Waals surface area contributed by atoms with Gasteiger partial charge in [-0.25, -0.2) is 0 Å². The third-order valence-electron chi connectivity index (χ3n) is 4.27. The van der Waals surface area contributed by atoms with Crippen LogP contribution in [-0.4, -0.2) is 32.2 Å². The second-order valence-corrected chi connectivity index (χ2v) is 6.91. The van der Waals surface area contributed by atoms with Gasteiger partial charge < -0.3 is 15.0 Å². The number of anilines is 2. The van der Waals surface area contributed by atoms with E-state index >= 15 is 0 Å². The van der Waals surface area contributed by atoms with E-state index in [4.69, 9.17) is 4.74 Å². The molecule has 1 fully saturated rings. The van der Waals surface area contributed by atoms with Crippen LogP contribution in [0.3, 0.4) is 0 Å². The quantitative estimate of drug-likeness (QED) is 0.845. The van der Waals surface area contributed by atoms with Gasteiger partial charge in [0.1, 0.15) is 0 Å². The molecule has 1 aliphatic rings. The second kappa shape index (κ2) is 7.81. The first kappa shape index (κ1) is 17.0. The van der Waals surface area contributed by atoms with E-state index in [0.717, 1.165) is 35.2 Å². The first-order chi connectivity index (χ1) is 11.6. The molecule has 0 radical (unpaired) electrons. The summed E-state index contributed by atoms with van der Waals surface area (Å²) in [6, 6.07) is 15.8. The zero-order valence-electron chi connectivity index (χ0n) is 13.7. The standard InChI is InChI=1S/C19H21BrN2O2/c1-24-18-10-11-22(13-18)17-8-6-16(7-9-17)21-19(23)12-14-2-4-15(20)5-3-14/h2-9,18H,10-13H2,1H3,(H,21,23). The molecule has 0 aliphatic carbocycles. The van der Waals surface area contributed by atoms with Crippen molar-refractivity contribution in [2.45, 2.75) is 18.9 Å². The summed E-state index contributed by atoms with van der Waals surface area (Å²) in [5.74, 6) is -0.00862. The molecule has 1 aliphatic heterocycles. The Hall–Kier alpha value is -1.85. The minimum atomic E-state index is -0.00862. The molecule has 5 heteroatoms. The number of carbonyl (C=O) groups excluding carboxylic acids is 1.